The third-order valence-electron chi connectivity index (χ3n) is 3.05. The van der Waals surface area contributed by atoms with E-state index >= 15 is 0 Å². The molecule has 102 valence electrons. The van der Waals surface area contributed by atoms with Crippen molar-refractivity contribution in [3.63, 3.8) is 0 Å². The molecule has 0 fully saturated rings. The third-order valence-corrected chi connectivity index (χ3v) is 3.05. The van der Waals surface area contributed by atoms with Gasteiger partial charge in [0.25, 0.3) is 0 Å². The molecule has 0 saturated carbocycles. The molecule has 19 heavy (non-hydrogen) atoms. The number of nitrogens with one attached hydrogen (secondary N) is 2. The van der Waals surface area contributed by atoms with Gasteiger partial charge in [-0.15, -0.1) is 0 Å². The molecule has 2 atom stereocenters. The molecule has 1 aromatic heterocycles. The maximum absolute atomic E-state index is 13.2. The molecule has 0 radical (unpaired) electrons. The SMILES string of the molecule is C=CNc1ncnc(NCC2CC=CC(F)C2)c1N. The van der Waals surface area contributed by atoms with Crippen LogP contribution in [0.2, 0.25) is 0 Å². The Kier molecular flexibility index (Phi) is 4.33. The van der Waals surface area contributed by atoms with Gasteiger partial charge in [-0.3, -0.25) is 0 Å². The van der Waals surface area contributed by atoms with Crippen molar-refractivity contribution in [2.24, 2.45) is 5.92 Å². The molecule has 0 amide bonds. The highest BCUT2D eigenvalue weighted by molar-refractivity contribution is 5.74. The van der Waals surface area contributed by atoms with Gasteiger partial charge in [0.1, 0.15) is 18.2 Å². The van der Waals surface area contributed by atoms with E-state index in [4.69, 9.17) is 5.73 Å². The Bertz CT molecular complexity index is 474. The van der Waals surface area contributed by atoms with Crippen molar-refractivity contribution >= 4 is 17.3 Å². The zero-order chi connectivity index (χ0) is 13.7. The molecule has 2 rings (SSSR count). The fourth-order valence-corrected chi connectivity index (χ4v) is 2.07. The van der Waals surface area contributed by atoms with Crippen LogP contribution < -0.4 is 16.4 Å². The Labute approximate surface area is 111 Å². The molecule has 1 aromatic rings. The first-order chi connectivity index (χ1) is 9.20. The summed E-state index contributed by atoms with van der Waals surface area (Å²) in [7, 11) is 0. The van der Waals surface area contributed by atoms with Crippen LogP contribution in [0, 0.1) is 5.92 Å². The average molecular weight is 263 g/mol. The number of halogens is 1. The van der Waals surface area contributed by atoms with Crippen molar-refractivity contribution in [2.75, 3.05) is 22.9 Å². The minimum absolute atomic E-state index is 0.255. The number of nitrogens with zero attached hydrogens (tertiary/aromatic N) is 2. The number of nitrogens with two attached hydrogens (primary N) is 1. The Morgan fingerprint density at radius 3 is 3.00 bits per heavy atom. The first kappa shape index (κ1) is 13.3. The van der Waals surface area contributed by atoms with Crippen LogP contribution in [0.25, 0.3) is 0 Å². The lowest BCUT2D eigenvalue weighted by Crippen LogP contribution is -2.21. The van der Waals surface area contributed by atoms with Crippen LogP contribution in [-0.4, -0.2) is 22.7 Å². The molecule has 5 nitrogen and oxygen atoms in total. The molecule has 1 aliphatic carbocycles. The monoisotopic (exact) mass is 263 g/mol. The maximum atomic E-state index is 13.2. The maximum Gasteiger partial charge on any atom is 0.158 e. The summed E-state index contributed by atoms with van der Waals surface area (Å²) in [6.07, 6.45) is 6.98. The second-order valence-corrected chi connectivity index (χ2v) is 4.50. The number of anilines is 3. The molecule has 6 heteroatoms. The molecule has 4 N–H and O–H groups in total. The zero-order valence-corrected chi connectivity index (χ0v) is 10.6. The van der Waals surface area contributed by atoms with Gasteiger partial charge >= 0.3 is 0 Å². The second-order valence-electron chi connectivity index (χ2n) is 4.50. The molecular weight excluding hydrogens is 245 g/mol. The topological polar surface area (TPSA) is 75.9 Å². The van der Waals surface area contributed by atoms with E-state index in [0.717, 1.165) is 6.42 Å². The summed E-state index contributed by atoms with van der Waals surface area (Å²) < 4.78 is 13.2. The van der Waals surface area contributed by atoms with E-state index < -0.39 is 6.17 Å². The van der Waals surface area contributed by atoms with E-state index in [-0.39, 0.29) is 5.92 Å². The number of allylic oxidation sites excluding steroid dienone is 2. The lowest BCUT2D eigenvalue weighted by Gasteiger charge is -2.21. The molecule has 0 spiro atoms. The Balaban J connectivity index is 1.97. The van der Waals surface area contributed by atoms with Crippen LogP contribution in [0.1, 0.15) is 12.8 Å². The number of alkyl halides is 1. The fourth-order valence-electron chi connectivity index (χ4n) is 2.07. The highest BCUT2D eigenvalue weighted by Gasteiger charge is 2.17. The quantitative estimate of drug-likeness (QED) is 0.711. The summed E-state index contributed by atoms with van der Waals surface area (Å²) in [5.41, 5.74) is 6.36. The smallest absolute Gasteiger partial charge is 0.158 e. The molecular formula is C13H18FN5. The minimum atomic E-state index is -0.846. The molecule has 1 heterocycles. The highest BCUT2D eigenvalue weighted by atomic mass is 19.1. The predicted octanol–water partition coefficient (Wildman–Crippen LogP) is 2.33. The van der Waals surface area contributed by atoms with Gasteiger partial charge in [-0.2, -0.15) is 0 Å². The normalized spacial score (nSPS) is 21.9. The van der Waals surface area contributed by atoms with Crippen LogP contribution in [0.4, 0.5) is 21.7 Å². The van der Waals surface area contributed by atoms with E-state index in [2.05, 4.69) is 27.2 Å². The van der Waals surface area contributed by atoms with Crippen molar-refractivity contribution in [1.29, 1.82) is 0 Å². The third kappa shape index (κ3) is 3.43. The number of aromatic nitrogens is 2. The van der Waals surface area contributed by atoms with Crippen LogP contribution >= 0.6 is 0 Å². The number of rotatable bonds is 5. The Morgan fingerprint density at radius 1 is 1.47 bits per heavy atom. The number of nitrogen functional groups attached to an aromatic ring is 1. The first-order valence-electron chi connectivity index (χ1n) is 6.23. The standard InChI is InChI=1S/C13H18FN5/c1-2-16-12-11(15)13(19-8-18-12)17-7-9-4-3-5-10(14)6-9/h2-3,5,8-10H,1,4,6-7,15H2,(H2,16,17,18,19). The lowest BCUT2D eigenvalue weighted by atomic mass is 9.93. The van der Waals surface area contributed by atoms with Crippen molar-refractivity contribution in [3.05, 3.63) is 31.3 Å². The Hall–Kier alpha value is -2.11. The van der Waals surface area contributed by atoms with E-state index in [1.807, 2.05) is 6.08 Å². The van der Waals surface area contributed by atoms with Gasteiger partial charge < -0.3 is 16.4 Å². The molecule has 2 unspecified atom stereocenters. The van der Waals surface area contributed by atoms with Crippen molar-refractivity contribution in [3.8, 4) is 0 Å². The fraction of sp³-hybridized carbons (Fsp3) is 0.385. The van der Waals surface area contributed by atoms with Gasteiger partial charge in [0, 0.05) is 6.54 Å². The molecule has 0 bridgehead atoms. The molecule has 1 aliphatic rings. The van der Waals surface area contributed by atoms with Crippen LogP contribution in [0.3, 0.4) is 0 Å². The summed E-state index contributed by atoms with van der Waals surface area (Å²) in [6.45, 7) is 4.20. The van der Waals surface area contributed by atoms with Crippen LogP contribution in [0.5, 0.6) is 0 Å². The van der Waals surface area contributed by atoms with Gasteiger partial charge in [0.15, 0.2) is 11.6 Å². The summed E-state index contributed by atoms with van der Waals surface area (Å²) in [4.78, 5) is 8.10. The predicted molar refractivity (Wildman–Crippen MR) is 75.5 cm³/mol. The van der Waals surface area contributed by atoms with Crippen molar-refractivity contribution < 1.29 is 4.39 Å². The highest BCUT2D eigenvalue weighted by Crippen LogP contribution is 2.25. The number of hydrogen-bond acceptors (Lipinski definition) is 5. The molecule has 0 aromatic carbocycles. The zero-order valence-electron chi connectivity index (χ0n) is 10.6. The average Bonchev–Trinajstić information content (AvgIpc) is 2.40. The van der Waals surface area contributed by atoms with Gasteiger partial charge in [0.05, 0.1) is 0 Å². The molecule has 0 aliphatic heterocycles. The van der Waals surface area contributed by atoms with Gasteiger partial charge in [-0.25, -0.2) is 14.4 Å². The summed E-state index contributed by atoms with van der Waals surface area (Å²) in [5, 5.41) is 5.99. The second kappa shape index (κ2) is 6.17. The van der Waals surface area contributed by atoms with Gasteiger partial charge in [-0.1, -0.05) is 18.7 Å². The largest absolute Gasteiger partial charge is 0.393 e. The van der Waals surface area contributed by atoms with Gasteiger partial charge in [-0.05, 0) is 25.0 Å². The van der Waals surface area contributed by atoms with E-state index in [0.29, 0.717) is 30.3 Å². The van der Waals surface area contributed by atoms with Crippen molar-refractivity contribution in [1.82, 2.24) is 9.97 Å². The van der Waals surface area contributed by atoms with Crippen LogP contribution in [0.15, 0.2) is 31.3 Å². The van der Waals surface area contributed by atoms with E-state index in [1.54, 1.807) is 6.08 Å². The minimum Gasteiger partial charge on any atom is -0.393 e. The summed E-state index contributed by atoms with van der Waals surface area (Å²) in [5.74, 6) is 1.33. The van der Waals surface area contributed by atoms with Gasteiger partial charge in [0.2, 0.25) is 0 Å². The lowest BCUT2D eigenvalue weighted by molar-refractivity contribution is 0.310. The van der Waals surface area contributed by atoms with E-state index in [1.165, 1.54) is 12.5 Å². The first-order valence-corrected chi connectivity index (χ1v) is 6.23. The van der Waals surface area contributed by atoms with Crippen LogP contribution in [-0.2, 0) is 0 Å². The van der Waals surface area contributed by atoms with Crippen molar-refractivity contribution in [2.45, 2.75) is 19.0 Å². The molecule has 0 saturated heterocycles. The summed E-state index contributed by atoms with van der Waals surface area (Å²) in [6, 6.07) is 0. The Morgan fingerprint density at radius 2 is 2.26 bits per heavy atom. The number of hydrogen-bond donors (Lipinski definition) is 3. The van der Waals surface area contributed by atoms with E-state index in [9.17, 15) is 4.39 Å². The summed E-state index contributed by atoms with van der Waals surface area (Å²) >= 11 is 0.